The molecule has 4 aromatic rings. The maximum Gasteiger partial charge on any atom is 0.425 e. The number of nitrogens with zero attached hydrogens (tertiary/aromatic N) is 4. The minimum atomic E-state index is -1.02. The Hall–Kier alpha value is -4.51. The molecule has 1 N–H and O–H groups in total. The Kier molecular flexibility index (Phi) is 9.29. The van der Waals surface area contributed by atoms with Gasteiger partial charge in [-0.25, -0.2) is 19.6 Å². The van der Waals surface area contributed by atoms with Gasteiger partial charge in [0.2, 0.25) is 5.56 Å². The van der Waals surface area contributed by atoms with Gasteiger partial charge in [-0.1, -0.05) is 37.2 Å². The normalized spacial score (nSPS) is 11.9. The van der Waals surface area contributed by atoms with Crippen molar-refractivity contribution in [3.63, 3.8) is 0 Å². The topological polar surface area (TPSA) is 141 Å². The molecule has 12 heteroatoms. The lowest BCUT2D eigenvalue weighted by Crippen LogP contribution is -2.44. The van der Waals surface area contributed by atoms with Crippen LogP contribution in [0.1, 0.15) is 72.6 Å². The molecule has 44 heavy (non-hydrogen) atoms. The fourth-order valence-electron chi connectivity index (χ4n) is 4.21. The first-order valence-electron chi connectivity index (χ1n) is 14.1. The van der Waals surface area contributed by atoms with E-state index in [0.717, 1.165) is 11.1 Å². The SMILES string of the molecule is CC(C)c1[nH]c(=O)ccc1-c1cnc(N(C(=O)OC(C)(C)C)C(=O)OC(C)(C)C)c(-c2cc(-c3cccc(CCl)c3)no2)n1. The number of halogens is 1. The van der Waals surface area contributed by atoms with E-state index in [2.05, 4.69) is 15.1 Å². The summed E-state index contributed by atoms with van der Waals surface area (Å²) >= 11 is 6.04. The summed E-state index contributed by atoms with van der Waals surface area (Å²) in [5.41, 5.74) is 1.57. The van der Waals surface area contributed by atoms with Crippen molar-refractivity contribution in [3.05, 3.63) is 70.3 Å². The molecule has 0 aliphatic rings. The van der Waals surface area contributed by atoms with E-state index in [1.807, 2.05) is 38.1 Å². The smallest absolute Gasteiger partial charge is 0.425 e. The van der Waals surface area contributed by atoms with Crippen LogP contribution in [0.2, 0.25) is 0 Å². The van der Waals surface area contributed by atoms with Gasteiger partial charge < -0.3 is 19.0 Å². The number of carbonyl (C=O) groups is 2. The number of alkyl halides is 1. The third-order valence-corrected chi connectivity index (χ3v) is 6.35. The van der Waals surface area contributed by atoms with Gasteiger partial charge in [0.15, 0.2) is 17.3 Å². The Bertz CT molecular complexity index is 1700. The average molecular weight is 622 g/mol. The standard InChI is InChI=1S/C32H36ClN5O6/c1-18(2)26-21(12-13-25(39)36-26)23-17-34-28(38(29(40)42-31(3,4)5)30(41)43-32(6,7)8)27(35-23)24-15-22(37-44-24)20-11-9-10-19(14-20)16-33/h9-15,17-18H,16H2,1-8H3,(H,36,39). The highest BCUT2D eigenvalue weighted by Crippen LogP contribution is 2.35. The number of H-pyrrole nitrogens is 1. The van der Waals surface area contributed by atoms with Crippen LogP contribution in [0.15, 0.2) is 58.0 Å². The molecule has 0 aliphatic carbocycles. The van der Waals surface area contributed by atoms with Crippen molar-refractivity contribution in [2.75, 3.05) is 4.90 Å². The van der Waals surface area contributed by atoms with Crippen molar-refractivity contribution in [3.8, 4) is 34.0 Å². The highest BCUT2D eigenvalue weighted by Gasteiger charge is 2.37. The molecule has 4 rings (SSSR count). The van der Waals surface area contributed by atoms with Crippen LogP contribution in [0.5, 0.6) is 0 Å². The third kappa shape index (κ3) is 7.71. The summed E-state index contributed by atoms with van der Waals surface area (Å²) in [6, 6.07) is 12.1. The molecular weight excluding hydrogens is 586 g/mol. The van der Waals surface area contributed by atoms with Crippen molar-refractivity contribution in [1.29, 1.82) is 0 Å². The number of hydrogen-bond acceptors (Lipinski definition) is 9. The molecule has 0 atom stereocenters. The van der Waals surface area contributed by atoms with Gasteiger partial charge >= 0.3 is 12.2 Å². The van der Waals surface area contributed by atoms with Gasteiger partial charge in [0, 0.05) is 34.8 Å². The highest BCUT2D eigenvalue weighted by molar-refractivity contribution is 6.17. The number of ether oxygens (including phenoxy) is 2. The van der Waals surface area contributed by atoms with Gasteiger partial charge in [-0.15, -0.1) is 11.6 Å². The maximum absolute atomic E-state index is 13.5. The van der Waals surface area contributed by atoms with Gasteiger partial charge in [0.05, 0.1) is 11.9 Å². The van der Waals surface area contributed by atoms with Crippen molar-refractivity contribution in [2.24, 2.45) is 0 Å². The summed E-state index contributed by atoms with van der Waals surface area (Å²) in [4.78, 5) is 52.1. The first kappa shape index (κ1) is 32.4. The minimum absolute atomic E-state index is 0.0207. The summed E-state index contributed by atoms with van der Waals surface area (Å²) < 4.78 is 16.9. The fraction of sp³-hybridized carbons (Fsp3) is 0.375. The number of hydrogen-bond donors (Lipinski definition) is 1. The van der Waals surface area contributed by atoms with E-state index in [9.17, 15) is 14.4 Å². The molecule has 0 bridgehead atoms. The Labute approximate surface area is 260 Å². The summed E-state index contributed by atoms with van der Waals surface area (Å²) in [7, 11) is 0. The number of benzene rings is 1. The molecule has 11 nitrogen and oxygen atoms in total. The van der Waals surface area contributed by atoms with Crippen molar-refractivity contribution < 1.29 is 23.6 Å². The van der Waals surface area contributed by atoms with Crippen LogP contribution in [0.3, 0.4) is 0 Å². The molecular formula is C32H36ClN5O6. The van der Waals surface area contributed by atoms with E-state index >= 15 is 0 Å². The molecule has 0 saturated carbocycles. The number of rotatable bonds is 6. The number of imide groups is 1. The van der Waals surface area contributed by atoms with Gasteiger partial charge in [-0.05, 0) is 65.2 Å². The molecule has 2 amide bonds. The highest BCUT2D eigenvalue weighted by atomic mass is 35.5. The summed E-state index contributed by atoms with van der Waals surface area (Å²) in [5, 5.41) is 4.22. The first-order chi connectivity index (χ1) is 20.6. The van der Waals surface area contributed by atoms with Crippen molar-refractivity contribution in [1.82, 2.24) is 20.1 Å². The maximum atomic E-state index is 13.5. The van der Waals surface area contributed by atoms with Gasteiger partial charge in [0.1, 0.15) is 16.9 Å². The lowest BCUT2D eigenvalue weighted by atomic mass is 10.0. The second-order valence-electron chi connectivity index (χ2n) is 12.4. The molecule has 0 radical (unpaired) electrons. The predicted molar refractivity (Wildman–Crippen MR) is 168 cm³/mol. The number of pyridine rings is 1. The predicted octanol–water partition coefficient (Wildman–Crippen LogP) is 7.69. The van der Waals surface area contributed by atoms with E-state index in [1.165, 1.54) is 12.3 Å². The van der Waals surface area contributed by atoms with Crippen LogP contribution in [0.4, 0.5) is 15.4 Å². The molecule has 0 spiro atoms. The molecule has 0 aliphatic heterocycles. The van der Waals surface area contributed by atoms with Crippen molar-refractivity contribution >= 4 is 29.6 Å². The van der Waals surface area contributed by atoms with E-state index in [4.69, 9.17) is 30.6 Å². The van der Waals surface area contributed by atoms with Crippen molar-refractivity contribution in [2.45, 2.75) is 78.4 Å². The monoisotopic (exact) mass is 621 g/mol. The zero-order valence-electron chi connectivity index (χ0n) is 26.0. The Morgan fingerprint density at radius 1 is 0.977 bits per heavy atom. The molecule has 3 aromatic heterocycles. The number of aromatic amines is 1. The molecule has 232 valence electrons. The first-order valence-corrected chi connectivity index (χ1v) is 14.6. The van der Waals surface area contributed by atoms with Crippen LogP contribution < -0.4 is 10.5 Å². The second kappa shape index (κ2) is 12.6. The molecule has 0 fully saturated rings. The summed E-state index contributed by atoms with van der Waals surface area (Å²) in [6.07, 6.45) is -0.630. The van der Waals surface area contributed by atoms with E-state index in [1.54, 1.807) is 53.7 Å². The van der Waals surface area contributed by atoms with Crippen LogP contribution in [0, 0.1) is 0 Å². The lowest BCUT2D eigenvalue weighted by Gasteiger charge is -2.28. The molecule has 0 unspecified atom stereocenters. The third-order valence-electron chi connectivity index (χ3n) is 6.04. The number of carbonyl (C=O) groups excluding carboxylic acids is 2. The Balaban J connectivity index is 1.96. The molecule has 0 saturated heterocycles. The molecule has 1 aromatic carbocycles. The summed E-state index contributed by atoms with van der Waals surface area (Å²) in [6.45, 7) is 13.9. The van der Waals surface area contributed by atoms with E-state index in [0.29, 0.717) is 33.4 Å². The number of nitrogens with one attached hydrogen (secondary N) is 1. The number of amides is 2. The largest absolute Gasteiger partial charge is 0.443 e. The van der Waals surface area contributed by atoms with Gasteiger partial charge in [-0.3, -0.25) is 4.79 Å². The number of anilines is 1. The zero-order valence-corrected chi connectivity index (χ0v) is 26.8. The minimum Gasteiger partial charge on any atom is -0.443 e. The van der Waals surface area contributed by atoms with Gasteiger partial charge in [0.25, 0.3) is 0 Å². The summed E-state index contributed by atoms with van der Waals surface area (Å²) in [5.74, 6) is 0.182. The van der Waals surface area contributed by atoms with E-state index in [-0.39, 0.29) is 28.7 Å². The average Bonchev–Trinajstić information content (AvgIpc) is 3.42. The van der Waals surface area contributed by atoms with Crippen LogP contribution in [-0.2, 0) is 15.4 Å². The lowest BCUT2D eigenvalue weighted by molar-refractivity contribution is 0.0429. The van der Waals surface area contributed by atoms with Crippen LogP contribution in [-0.4, -0.2) is 43.5 Å². The van der Waals surface area contributed by atoms with Gasteiger partial charge in [-0.2, -0.15) is 4.90 Å². The van der Waals surface area contributed by atoms with E-state index < -0.39 is 23.4 Å². The quantitative estimate of drug-likeness (QED) is 0.214. The molecule has 3 heterocycles. The van der Waals surface area contributed by atoms with Crippen LogP contribution in [0.25, 0.3) is 34.0 Å². The Morgan fingerprint density at radius 2 is 1.64 bits per heavy atom. The fourth-order valence-corrected chi connectivity index (χ4v) is 4.38. The number of aromatic nitrogens is 4. The van der Waals surface area contributed by atoms with Crippen LogP contribution >= 0.6 is 11.6 Å². The second-order valence-corrected chi connectivity index (χ2v) is 12.7. The Morgan fingerprint density at radius 3 is 2.23 bits per heavy atom. The zero-order chi connectivity index (χ0) is 32.4.